The third-order valence-electron chi connectivity index (χ3n) is 5.41. The van der Waals surface area contributed by atoms with Crippen LogP contribution in [0.1, 0.15) is 34.0 Å². The maximum atomic E-state index is 11.1. The lowest BCUT2D eigenvalue weighted by Crippen LogP contribution is -2.02. The molecule has 0 atom stereocenters. The van der Waals surface area contributed by atoms with Crippen LogP contribution in [0.15, 0.2) is 83.3 Å². The minimum Gasteiger partial charge on any atom is -0.490 e. The molecule has 0 aromatic heterocycles. The summed E-state index contributed by atoms with van der Waals surface area (Å²) in [5.41, 5.74) is 3.23. The number of fused-ring (bicyclic) bond motifs is 1. The normalized spacial score (nSPS) is 11.2. The van der Waals surface area contributed by atoms with Crippen LogP contribution >= 0.6 is 15.9 Å². The number of carbonyl (C=O) groups is 1. The van der Waals surface area contributed by atoms with Crippen LogP contribution in [0.4, 0.5) is 0 Å². The van der Waals surface area contributed by atoms with Crippen LogP contribution in [-0.2, 0) is 6.61 Å². The Bertz CT molecular complexity index is 1450. The van der Waals surface area contributed by atoms with Crippen molar-refractivity contribution in [2.45, 2.75) is 13.5 Å². The first kappa shape index (κ1) is 24.1. The van der Waals surface area contributed by atoms with Gasteiger partial charge in [-0.25, -0.2) is 4.79 Å². The number of nitriles is 1. The molecule has 1 N–H and O–H groups in total. The minimum atomic E-state index is -0.970. The lowest BCUT2D eigenvalue weighted by Gasteiger charge is -2.15. The number of rotatable bonds is 8. The van der Waals surface area contributed by atoms with Crippen LogP contribution in [0.5, 0.6) is 11.5 Å². The maximum Gasteiger partial charge on any atom is 0.335 e. The zero-order chi connectivity index (χ0) is 24.8. The topological polar surface area (TPSA) is 79.5 Å². The standard InChI is InChI=1S/C29H22BrNO4/c1-2-34-27-15-20(13-25(17-31)24-12-11-21-5-3-4-6-23(21)16-24)14-26(30)28(27)35-18-19-7-9-22(10-8-19)29(32)33/h3-16H,2,18H2,1H3,(H,32,33)/b25-13-. The van der Waals surface area contributed by atoms with Crippen LogP contribution in [0.25, 0.3) is 22.4 Å². The van der Waals surface area contributed by atoms with E-state index in [4.69, 9.17) is 14.6 Å². The van der Waals surface area contributed by atoms with E-state index in [0.29, 0.717) is 28.2 Å². The van der Waals surface area contributed by atoms with Gasteiger partial charge in [0.2, 0.25) is 0 Å². The number of ether oxygens (including phenoxy) is 2. The molecule has 6 heteroatoms. The molecule has 35 heavy (non-hydrogen) atoms. The zero-order valence-corrected chi connectivity index (χ0v) is 20.6. The molecular weight excluding hydrogens is 506 g/mol. The Labute approximate surface area is 212 Å². The van der Waals surface area contributed by atoms with Gasteiger partial charge >= 0.3 is 5.97 Å². The minimum absolute atomic E-state index is 0.223. The van der Waals surface area contributed by atoms with Crippen LogP contribution in [0.3, 0.4) is 0 Å². The number of allylic oxidation sites excluding steroid dienone is 1. The summed E-state index contributed by atoms with van der Waals surface area (Å²) in [6, 6.07) is 26.6. The van der Waals surface area contributed by atoms with E-state index in [2.05, 4.69) is 22.0 Å². The predicted octanol–water partition coefficient (Wildman–Crippen LogP) is 7.34. The Morgan fingerprint density at radius 3 is 2.37 bits per heavy atom. The van der Waals surface area contributed by atoms with Gasteiger partial charge in [0.15, 0.2) is 11.5 Å². The third kappa shape index (κ3) is 5.71. The predicted molar refractivity (Wildman–Crippen MR) is 140 cm³/mol. The number of benzene rings is 4. The van der Waals surface area contributed by atoms with E-state index in [1.165, 1.54) is 0 Å². The van der Waals surface area contributed by atoms with Gasteiger partial charge in [-0.2, -0.15) is 5.26 Å². The summed E-state index contributed by atoms with van der Waals surface area (Å²) in [5, 5.41) is 21.1. The zero-order valence-electron chi connectivity index (χ0n) is 19.0. The Morgan fingerprint density at radius 1 is 0.971 bits per heavy atom. The van der Waals surface area contributed by atoms with Crippen molar-refractivity contribution in [2.24, 2.45) is 0 Å². The van der Waals surface area contributed by atoms with Crippen molar-refractivity contribution in [2.75, 3.05) is 6.61 Å². The van der Waals surface area contributed by atoms with Gasteiger partial charge in [0, 0.05) is 0 Å². The number of hydrogen-bond donors (Lipinski definition) is 1. The molecular formula is C29H22BrNO4. The van der Waals surface area contributed by atoms with Crippen molar-refractivity contribution in [1.29, 1.82) is 5.26 Å². The summed E-state index contributed by atoms with van der Waals surface area (Å²) >= 11 is 3.58. The molecule has 0 unspecified atom stereocenters. The summed E-state index contributed by atoms with van der Waals surface area (Å²) in [6.07, 6.45) is 1.83. The molecule has 5 nitrogen and oxygen atoms in total. The van der Waals surface area contributed by atoms with E-state index < -0.39 is 5.97 Å². The Balaban J connectivity index is 1.62. The number of carboxylic acid groups (broad SMARTS) is 1. The molecule has 0 fully saturated rings. The second kappa shape index (κ2) is 10.9. The molecule has 0 saturated carbocycles. The molecule has 0 aliphatic carbocycles. The summed E-state index contributed by atoms with van der Waals surface area (Å²) in [6.45, 7) is 2.58. The SMILES string of the molecule is CCOc1cc(/C=C(/C#N)c2ccc3ccccc3c2)cc(Br)c1OCc1ccc(C(=O)O)cc1. The van der Waals surface area contributed by atoms with Gasteiger partial charge in [-0.3, -0.25) is 0 Å². The average molecular weight is 528 g/mol. The van der Waals surface area contributed by atoms with Gasteiger partial charge in [-0.05, 0) is 86.7 Å². The summed E-state index contributed by atoms with van der Waals surface area (Å²) in [5.74, 6) is 0.115. The molecule has 4 aromatic rings. The first-order valence-corrected chi connectivity index (χ1v) is 11.8. The highest BCUT2D eigenvalue weighted by atomic mass is 79.9. The molecule has 0 aliphatic rings. The lowest BCUT2D eigenvalue weighted by atomic mass is 10.00. The second-order valence-corrected chi connectivity index (χ2v) is 8.64. The van der Waals surface area contributed by atoms with E-state index in [-0.39, 0.29) is 12.2 Å². The molecule has 4 aromatic carbocycles. The molecule has 0 heterocycles. The average Bonchev–Trinajstić information content (AvgIpc) is 2.87. The lowest BCUT2D eigenvalue weighted by molar-refractivity contribution is 0.0697. The second-order valence-electron chi connectivity index (χ2n) is 7.79. The van der Waals surface area contributed by atoms with Crippen molar-refractivity contribution in [3.63, 3.8) is 0 Å². The van der Waals surface area contributed by atoms with Crippen molar-refractivity contribution < 1.29 is 19.4 Å². The fraction of sp³-hybridized carbons (Fsp3) is 0.103. The highest BCUT2D eigenvalue weighted by Crippen LogP contribution is 2.38. The van der Waals surface area contributed by atoms with Gasteiger partial charge in [0.1, 0.15) is 6.61 Å². The van der Waals surface area contributed by atoms with Crippen molar-refractivity contribution in [1.82, 2.24) is 0 Å². The van der Waals surface area contributed by atoms with Crippen molar-refractivity contribution >= 4 is 44.3 Å². The van der Waals surface area contributed by atoms with Gasteiger partial charge in [-0.1, -0.05) is 48.5 Å². The third-order valence-corrected chi connectivity index (χ3v) is 6.00. The quantitative estimate of drug-likeness (QED) is 0.191. The van der Waals surface area contributed by atoms with E-state index in [9.17, 15) is 10.1 Å². The maximum absolute atomic E-state index is 11.1. The monoisotopic (exact) mass is 527 g/mol. The van der Waals surface area contributed by atoms with Crippen LogP contribution in [-0.4, -0.2) is 17.7 Å². The van der Waals surface area contributed by atoms with E-state index in [1.54, 1.807) is 24.3 Å². The fourth-order valence-electron chi connectivity index (χ4n) is 3.68. The van der Waals surface area contributed by atoms with Crippen LogP contribution in [0.2, 0.25) is 0 Å². The van der Waals surface area contributed by atoms with Crippen LogP contribution in [0, 0.1) is 11.3 Å². The van der Waals surface area contributed by atoms with E-state index in [1.807, 2.05) is 67.6 Å². The van der Waals surface area contributed by atoms with Gasteiger partial charge in [-0.15, -0.1) is 0 Å². The molecule has 0 aliphatic heterocycles. The summed E-state index contributed by atoms with van der Waals surface area (Å²) < 4.78 is 12.5. The number of aromatic carboxylic acids is 1. The largest absolute Gasteiger partial charge is 0.490 e. The number of carboxylic acids is 1. The number of nitrogens with zero attached hydrogens (tertiary/aromatic N) is 1. The first-order chi connectivity index (χ1) is 17.0. The van der Waals surface area contributed by atoms with Crippen LogP contribution < -0.4 is 9.47 Å². The molecule has 0 amide bonds. The Hall–Kier alpha value is -4.08. The smallest absolute Gasteiger partial charge is 0.335 e. The highest BCUT2D eigenvalue weighted by molar-refractivity contribution is 9.10. The van der Waals surface area contributed by atoms with E-state index >= 15 is 0 Å². The molecule has 0 spiro atoms. The number of hydrogen-bond acceptors (Lipinski definition) is 4. The van der Waals surface area contributed by atoms with E-state index in [0.717, 1.165) is 27.5 Å². The molecule has 4 rings (SSSR count). The first-order valence-electron chi connectivity index (χ1n) is 11.0. The Morgan fingerprint density at radius 2 is 1.69 bits per heavy atom. The van der Waals surface area contributed by atoms with Gasteiger partial charge in [0.25, 0.3) is 0 Å². The van der Waals surface area contributed by atoms with Gasteiger partial charge < -0.3 is 14.6 Å². The van der Waals surface area contributed by atoms with Crippen molar-refractivity contribution in [3.8, 4) is 17.6 Å². The molecule has 0 saturated heterocycles. The summed E-state index contributed by atoms with van der Waals surface area (Å²) in [4.78, 5) is 11.1. The highest BCUT2D eigenvalue weighted by Gasteiger charge is 2.13. The Kier molecular flexibility index (Phi) is 7.49. The summed E-state index contributed by atoms with van der Waals surface area (Å²) in [7, 11) is 0. The van der Waals surface area contributed by atoms with Gasteiger partial charge in [0.05, 0.1) is 28.3 Å². The molecule has 0 radical (unpaired) electrons. The van der Waals surface area contributed by atoms with Crippen molar-refractivity contribution in [3.05, 3.63) is 106 Å². The molecule has 0 bridgehead atoms. The fourth-order valence-corrected chi connectivity index (χ4v) is 4.25. The molecule has 174 valence electrons. The number of halogens is 1.